The van der Waals surface area contributed by atoms with Crippen molar-refractivity contribution < 1.29 is 19.2 Å². The van der Waals surface area contributed by atoms with Crippen LogP contribution in [0.5, 0.6) is 5.75 Å². The molecule has 1 saturated heterocycles. The van der Waals surface area contributed by atoms with Gasteiger partial charge in [-0.05, 0) is 69.9 Å². The van der Waals surface area contributed by atoms with Gasteiger partial charge in [0.05, 0.1) is 33.9 Å². The number of non-ortho nitro benzene ring substituents is 1. The van der Waals surface area contributed by atoms with Crippen LogP contribution in [0.2, 0.25) is 5.02 Å². The van der Waals surface area contributed by atoms with E-state index >= 15 is 0 Å². The molecule has 5 rings (SSSR count). The number of hydrogen-bond acceptors (Lipinski definition) is 9. The first-order chi connectivity index (χ1) is 20.5. The number of allylic oxidation sites excluding steroid dienone is 1. The minimum Gasteiger partial charge on any atom is -0.496 e. The zero-order valence-corrected chi connectivity index (χ0v) is 26.2. The smallest absolute Gasteiger partial charge is 0.338 e. The van der Waals surface area contributed by atoms with Gasteiger partial charge in [-0.2, -0.15) is 0 Å². The highest BCUT2D eigenvalue weighted by molar-refractivity contribution is 7.07. The fourth-order valence-electron chi connectivity index (χ4n) is 5.52. The van der Waals surface area contributed by atoms with Crippen molar-refractivity contribution in [3.05, 3.63) is 93.6 Å². The van der Waals surface area contributed by atoms with Crippen LogP contribution >= 0.6 is 22.9 Å². The number of nitrogens with zero attached hydrogens (tertiary/aromatic N) is 4. The maximum absolute atomic E-state index is 14.2. The van der Waals surface area contributed by atoms with E-state index < -0.39 is 28.6 Å². The average Bonchev–Trinajstić information content (AvgIpc) is 3.26. The summed E-state index contributed by atoms with van der Waals surface area (Å²) in [5, 5.41) is 12.1. The first-order valence-electron chi connectivity index (χ1n) is 14.1. The van der Waals surface area contributed by atoms with Crippen LogP contribution < -0.4 is 24.5 Å². The van der Waals surface area contributed by atoms with Gasteiger partial charge >= 0.3 is 5.97 Å². The number of aromatic nitrogens is 1. The van der Waals surface area contributed by atoms with Crippen molar-refractivity contribution in [2.24, 2.45) is 10.9 Å². The third-order valence-electron chi connectivity index (χ3n) is 7.70. The van der Waals surface area contributed by atoms with Crippen LogP contribution in [0.4, 0.5) is 11.4 Å². The van der Waals surface area contributed by atoms with Crippen molar-refractivity contribution in [2.45, 2.75) is 52.7 Å². The molecule has 2 aliphatic rings. The van der Waals surface area contributed by atoms with E-state index in [1.165, 1.54) is 23.8 Å². The summed E-state index contributed by atoms with van der Waals surface area (Å²) in [5.74, 6) is 0.441. The van der Waals surface area contributed by atoms with Gasteiger partial charge in [0.1, 0.15) is 11.8 Å². The minimum absolute atomic E-state index is 0.0655. The highest BCUT2D eigenvalue weighted by atomic mass is 35.5. The number of benzene rings is 2. The predicted octanol–water partition coefficient (Wildman–Crippen LogP) is 4.99. The molecule has 10 nitrogen and oxygen atoms in total. The largest absolute Gasteiger partial charge is 0.496 e. The Bertz CT molecular complexity index is 1800. The van der Waals surface area contributed by atoms with Crippen LogP contribution in [-0.4, -0.2) is 41.8 Å². The number of nitro groups is 1. The first kappa shape index (κ1) is 30.5. The lowest BCUT2D eigenvalue weighted by Crippen LogP contribution is -2.40. The van der Waals surface area contributed by atoms with E-state index in [1.807, 2.05) is 0 Å². The number of thiazole rings is 1. The third kappa shape index (κ3) is 6.09. The highest BCUT2D eigenvalue weighted by Crippen LogP contribution is 2.37. The van der Waals surface area contributed by atoms with Crippen molar-refractivity contribution in [2.75, 3.05) is 25.1 Å². The molecule has 0 aliphatic carbocycles. The maximum Gasteiger partial charge on any atom is 0.338 e. The topological polar surface area (TPSA) is 116 Å². The van der Waals surface area contributed by atoms with E-state index in [9.17, 15) is 19.7 Å². The number of carbonyl (C=O) groups is 1. The summed E-state index contributed by atoms with van der Waals surface area (Å²) < 4.78 is 13.0. The molecule has 226 valence electrons. The monoisotopic (exact) mass is 624 g/mol. The average molecular weight is 625 g/mol. The van der Waals surface area contributed by atoms with E-state index in [0.717, 1.165) is 43.0 Å². The van der Waals surface area contributed by atoms with Gasteiger partial charge in [0.25, 0.3) is 11.2 Å². The first-order valence-corrected chi connectivity index (χ1v) is 15.3. The molecule has 0 saturated carbocycles. The minimum atomic E-state index is -0.925. The molecule has 3 heterocycles. The molecule has 0 unspecified atom stereocenters. The highest BCUT2D eigenvalue weighted by Gasteiger charge is 2.35. The summed E-state index contributed by atoms with van der Waals surface area (Å²) >= 11 is 7.55. The van der Waals surface area contributed by atoms with Gasteiger partial charge in [0, 0.05) is 47.1 Å². The SMILES string of the molecule is COc1ccc(Cl)cc1[C@H]1C(C(=O)OC(C)C)=C(C)N=c2s/c(=C\c3cc([N+](=O)[O-])ccc3N3CCC(C)CC3)c(=O)n21. The van der Waals surface area contributed by atoms with Gasteiger partial charge in [-0.25, -0.2) is 9.79 Å². The molecular formula is C31H33ClN4O6S. The number of ether oxygens (including phenoxy) is 2. The van der Waals surface area contributed by atoms with Crippen LogP contribution in [0.25, 0.3) is 6.08 Å². The molecule has 0 amide bonds. The van der Waals surface area contributed by atoms with Crippen LogP contribution in [0.1, 0.15) is 57.7 Å². The van der Waals surface area contributed by atoms with Gasteiger partial charge in [-0.15, -0.1) is 0 Å². The fourth-order valence-corrected chi connectivity index (χ4v) is 6.74. The number of piperidine rings is 1. The van der Waals surface area contributed by atoms with Crippen molar-refractivity contribution in [3.8, 4) is 5.75 Å². The lowest BCUT2D eigenvalue weighted by molar-refractivity contribution is -0.384. The normalized spacial score (nSPS) is 17.6. The molecule has 3 aromatic rings. The molecular weight excluding hydrogens is 592 g/mol. The van der Waals surface area contributed by atoms with Crippen LogP contribution in [0.15, 0.2) is 57.5 Å². The Labute approximate surface area is 257 Å². The van der Waals surface area contributed by atoms with Gasteiger partial charge in [0.15, 0.2) is 4.80 Å². The van der Waals surface area contributed by atoms with Gasteiger partial charge in [0.2, 0.25) is 0 Å². The second-order valence-electron chi connectivity index (χ2n) is 11.1. The Morgan fingerprint density at radius 2 is 1.93 bits per heavy atom. The quantitative estimate of drug-likeness (QED) is 0.206. The summed E-state index contributed by atoms with van der Waals surface area (Å²) in [5.41, 5.74) is 2.05. The van der Waals surface area contributed by atoms with Crippen LogP contribution in [0, 0.1) is 16.0 Å². The predicted molar refractivity (Wildman–Crippen MR) is 167 cm³/mol. The summed E-state index contributed by atoms with van der Waals surface area (Å²) in [4.78, 5) is 46.1. The molecule has 2 aliphatic heterocycles. The van der Waals surface area contributed by atoms with Crippen LogP contribution in [-0.2, 0) is 9.53 Å². The van der Waals surface area contributed by atoms with Gasteiger partial charge in [-0.1, -0.05) is 29.9 Å². The van der Waals surface area contributed by atoms with Crippen molar-refractivity contribution in [1.82, 2.24) is 4.57 Å². The zero-order valence-electron chi connectivity index (χ0n) is 24.6. The number of esters is 1. The Morgan fingerprint density at radius 1 is 1.21 bits per heavy atom. The lowest BCUT2D eigenvalue weighted by Gasteiger charge is -2.33. The van der Waals surface area contributed by atoms with E-state index in [1.54, 1.807) is 51.1 Å². The Hall–Kier alpha value is -3.96. The van der Waals surface area contributed by atoms with E-state index in [2.05, 4.69) is 16.8 Å². The molecule has 2 aromatic carbocycles. The lowest BCUT2D eigenvalue weighted by atomic mass is 9.95. The summed E-state index contributed by atoms with van der Waals surface area (Å²) in [6.07, 6.45) is 3.30. The number of rotatable bonds is 7. The number of fused-ring (bicyclic) bond motifs is 1. The third-order valence-corrected chi connectivity index (χ3v) is 8.92. The summed E-state index contributed by atoms with van der Waals surface area (Å²) in [6, 6.07) is 8.84. The molecule has 1 atom stereocenters. The van der Waals surface area contributed by atoms with Crippen molar-refractivity contribution in [3.63, 3.8) is 0 Å². The van der Waals surface area contributed by atoms with Crippen molar-refractivity contribution in [1.29, 1.82) is 0 Å². The zero-order chi connectivity index (χ0) is 31.0. The Balaban J connectivity index is 1.74. The molecule has 0 bridgehead atoms. The molecule has 1 fully saturated rings. The Morgan fingerprint density at radius 3 is 2.58 bits per heavy atom. The second kappa shape index (κ2) is 12.3. The standard InChI is InChI=1S/C31H33ClN4O6S/c1-17(2)42-30(38)27-19(4)33-31-35(28(27)23-16-21(32)6-9-25(23)41-5)29(37)26(43-31)15-20-14-22(36(39)40)7-8-24(20)34-12-10-18(3)11-13-34/h6-9,14-18,28H,10-13H2,1-5H3/b26-15-/t28-/m0/s1. The number of hydrogen-bond donors (Lipinski definition) is 0. The van der Waals surface area contributed by atoms with Crippen molar-refractivity contribution >= 4 is 46.4 Å². The number of anilines is 1. The molecule has 43 heavy (non-hydrogen) atoms. The number of carbonyl (C=O) groups excluding carboxylic acids is 1. The number of methoxy groups -OCH3 is 1. The van der Waals surface area contributed by atoms with E-state index in [4.69, 9.17) is 21.1 Å². The molecule has 1 aromatic heterocycles. The van der Waals surface area contributed by atoms with Gasteiger partial charge < -0.3 is 14.4 Å². The molecule has 0 spiro atoms. The number of nitro benzene ring substituents is 1. The van der Waals surface area contributed by atoms with Gasteiger partial charge in [-0.3, -0.25) is 19.5 Å². The molecule has 0 radical (unpaired) electrons. The second-order valence-corrected chi connectivity index (χ2v) is 12.5. The fraction of sp³-hybridized carbons (Fsp3) is 0.387. The summed E-state index contributed by atoms with van der Waals surface area (Å²) in [6.45, 7) is 9.04. The maximum atomic E-state index is 14.2. The number of halogens is 1. The summed E-state index contributed by atoms with van der Waals surface area (Å²) in [7, 11) is 1.50. The molecule has 0 N–H and O–H groups in total. The molecule has 12 heteroatoms. The van der Waals surface area contributed by atoms with E-state index in [-0.39, 0.29) is 11.3 Å². The van der Waals surface area contributed by atoms with E-state index in [0.29, 0.717) is 42.8 Å². The Kier molecular flexibility index (Phi) is 8.75. The van der Waals surface area contributed by atoms with Crippen LogP contribution in [0.3, 0.4) is 0 Å².